The minimum Gasteiger partial charge on any atom is -0.483 e. The van der Waals surface area contributed by atoms with Crippen LogP contribution in [0.2, 0.25) is 0 Å². The number of hydrogen-bond acceptors (Lipinski definition) is 4. The van der Waals surface area contributed by atoms with Gasteiger partial charge in [-0.25, -0.2) is 0 Å². The van der Waals surface area contributed by atoms with Gasteiger partial charge >= 0.3 is 0 Å². The number of rotatable bonds is 8. The van der Waals surface area contributed by atoms with E-state index in [9.17, 15) is 9.59 Å². The van der Waals surface area contributed by atoms with E-state index < -0.39 is 0 Å². The van der Waals surface area contributed by atoms with Crippen molar-refractivity contribution in [3.63, 3.8) is 0 Å². The molecular weight excluding hydrogens is 376 g/mol. The molecule has 1 heterocycles. The van der Waals surface area contributed by atoms with Crippen molar-refractivity contribution < 1.29 is 18.7 Å². The highest BCUT2D eigenvalue weighted by Crippen LogP contribution is 2.17. The summed E-state index contributed by atoms with van der Waals surface area (Å²) in [5.41, 5.74) is 1.06. The van der Waals surface area contributed by atoms with Crippen molar-refractivity contribution in [2.75, 3.05) is 19.7 Å². The van der Waals surface area contributed by atoms with E-state index in [1.165, 1.54) is 0 Å². The normalized spacial score (nSPS) is 10.2. The molecule has 2 aromatic rings. The van der Waals surface area contributed by atoms with Crippen molar-refractivity contribution in [2.24, 2.45) is 0 Å². The van der Waals surface area contributed by atoms with Crippen molar-refractivity contribution in [2.45, 2.75) is 13.3 Å². The third-order valence-corrected chi connectivity index (χ3v) is 3.67. The highest BCUT2D eigenvalue weighted by molar-refractivity contribution is 9.10. The lowest BCUT2D eigenvalue weighted by molar-refractivity contribution is -0.123. The van der Waals surface area contributed by atoms with Crippen LogP contribution in [0.3, 0.4) is 0 Å². The maximum Gasteiger partial charge on any atom is 0.287 e. The molecule has 24 heavy (non-hydrogen) atoms. The summed E-state index contributed by atoms with van der Waals surface area (Å²) in [7, 11) is 0. The average molecular weight is 395 g/mol. The van der Waals surface area contributed by atoms with Gasteiger partial charge in [-0.3, -0.25) is 9.59 Å². The van der Waals surface area contributed by atoms with Crippen molar-refractivity contribution in [1.82, 2.24) is 10.6 Å². The van der Waals surface area contributed by atoms with Gasteiger partial charge in [0.1, 0.15) is 5.75 Å². The second kappa shape index (κ2) is 9.12. The number of furan rings is 1. The molecule has 0 radical (unpaired) electrons. The summed E-state index contributed by atoms with van der Waals surface area (Å²) in [6.07, 6.45) is 0.840. The van der Waals surface area contributed by atoms with E-state index in [1.54, 1.807) is 12.1 Å². The number of carbonyl (C=O) groups excluding carboxylic acids is 2. The Balaban J connectivity index is 1.65. The van der Waals surface area contributed by atoms with Crippen LogP contribution in [0.25, 0.3) is 0 Å². The molecule has 128 valence electrons. The van der Waals surface area contributed by atoms with E-state index in [2.05, 4.69) is 26.6 Å². The Morgan fingerprint density at radius 1 is 1.12 bits per heavy atom. The Morgan fingerprint density at radius 3 is 2.58 bits per heavy atom. The first-order valence-corrected chi connectivity index (χ1v) is 8.40. The van der Waals surface area contributed by atoms with Crippen LogP contribution in [0.4, 0.5) is 0 Å². The van der Waals surface area contributed by atoms with Gasteiger partial charge in [0.15, 0.2) is 17.0 Å². The van der Waals surface area contributed by atoms with Crippen LogP contribution in [-0.4, -0.2) is 31.5 Å². The number of hydrogen-bond donors (Lipinski definition) is 2. The van der Waals surface area contributed by atoms with Gasteiger partial charge in [0.25, 0.3) is 11.8 Å². The van der Waals surface area contributed by atoms with Gasteiger partial charge in [0.05, 0.1) is 0 Å². The standard InChI is InChI=1S/C17H19BrN2O4/c1-2-12-5-3-4-6-13(12)23-11-16(21)19-9-10-20-17(22)14-7-8-15(18)24-14/h3-8H,2,9-11H2,1H3,(H,19,21)(H,20,22). The maximum absolute atomic E-state index is 11.8. The van der Waals surface area contributed by atoms with Crippen molar-refractivity contribution >= 4 is 27.7 Å². The molecule has 0 aliphatic carbocycles. The second-order valence-corrected chi connectivity index (χ2v) is 5.74. The van der Waals surface area contributed by atoms with Crippen LogP contribution < -0.4 is 15.4 Å². The maximum atomic E-state index is 11.8. The van der Waals surface area contributed by atoms with E-state index in [-0.39, 0.29) is 24.2 Å². The molecule has 6 nitrogen and oxygen atoms in total. The minimum atomic E-state index is -0.330. The van der Waals surface area contributed by atoms with E-state index in [1.807, 2.05) is 31.2 Å². The molecule has 7 heteroatoms. The lowest BCUT2D eigenvalue weighted by atomic mass is 10.1. The van der Waals surface area contributed by atoms with Crippen LogP contribution in [0.1, 0.15) is 23.0 Å². The number of aryl methyl sites for hydroxylation is 1. The fraction of sp³-hybridized carbons (Fsp3) is 0.294. The van der Waals surface area contributed by atoms with Gasteiger partial charge in [0, 0.05) is 13.1 Å². The largest absolute Gasteiger partial charge is 0.483 e. The summed E-state index contributed by atoms with van der Waals surface area (Å²) in [6, 6.07) is 10.8. The molecular formula is C17H19BrN2O4. The highest BCUT2D eigenvalue weighted by atomic mass is 79.9. The quantitative estimate of drug-likeness (QED) is 0.674. The molecule has 2 N–H and O–H groups in total. The topological polar surface area (TPSA) is 80.6 Å². The van der Waals surface area contributed by atoms with Crippen LogP contribution in [-0.2, 0) is 11.2 Å². The van der Waals surface area contributed by atoms with Crippen molar-refractivity contribution in [3.8, 4) is 5.75 Å². The zero-order valence-corrected chi connectivity index (χ0v) is 14.9. The Morgan fingerprint density at radius 2 is 1.88 bits per heavy atom. The molecule has 0 atom stereocenters. The van der Waals surface area contributed by atoms with Gasteiger partial charge in [-0.05, 0) is 46.1 Å². The second-order valence-electron chi connectivity index (χ2n) is 4.96. The SMILES string of the molecule is CCc1ccccc1OCC(=O)NCCNC(=O)c1ccc(Br)o1. The van der Waals surface area contributed by atoms with Gasteiger partial charge in [-0.15, -0.1) is 0 Å². The first kappa shape index (κ1) is 18.1. The van der Waals surface area contributed by atoms with Crippen molar-refractivity contribution in [3.05, 3.63) is 52.4 Å². The third-order valence-electron chi connectivity index (χ3n) is 3.24. The summed E-state index contributed by atoms with van der Waals surface area (Å²) in [5.74, 6) is 0.360. The summed E-state index contributed by atoms with van der Waals surface area (Å²) in [6.45, 7) is 2.58. The molecule has 1 aromatic heterocycles. The van der Waals surface area contributed by atoms with Crippen molar-refractivity contribution in [1.29, 1.82) is 0 Å². The predicted octanol–water partition coefficient (Wildman–Crippen LogP) is 2.53. The van der Waals surface area contributed by atoms with Crippen LogP contribution in [0, 0.1) is 0 Å². The summed E-state index contributed by atoms with van der Waals surface area (Å²) in [4.78, 5) is 23.5. The molecule has 1 aromatic carbocycles. The van der Waals surface area contributed by atoms with Crippen LogP contribution in [0.5, 0.6) is 5.75 Å². The molecule has 0 saturated carbocycles. The number of amides is 2. The molecule has 2 amide bonds. The Bertz CT molecular complexity index is 699. The third kappa shape index (κ3) is 5.42. The zero-order chi connectivity index (χ0) is 17.4. The lowest BCUT2D eigenvalue weighted by Crippen LogP contribution is -2.36. The first-order chi connectivity index (χ1) is 11.6. The van der Waals surface area contributed by atoms with E-state index in [0.29, 0.717) is 23.5 Å². The Hall–Kier alpha value is -2.28. The number of carbonyl (C=O) groups is 2. The van der Waals surface area contributed by atoms with Gasteiger partial charge in [-0.1, -0.05) is 25.1 Å². The molecule has 0 bridgehead atoms. The van der Waals surface area contributed by atoms with E-state index >= 15 is 0 Å². The van der Waals surface area contributed by atoms with Gasteiger partial charge in [0.2, 0.25) is 0 Å². The molecule has 2 rings (SSSR count). The smallest absolute Gasteiger partial charge is 0.287 e. The van der Waals surface area contributed by atoms with Gasteiger partial charge in [-0.2, -0.15) is 0 Å². The fourth-order valence-electron chi connectivity index (χ4n) is 2.03. The molecule has 0 saturated heterocycles. The van der Waals surface area contributed by atoms with Gasteiger partial charge < -0.3 is 19.8 Å². The van der Waals surface area contributed by atoms with Crippen LogP contribution in [0.15, 0.2) is 45.5 Å². The van der Waals surface area contributed by atoms with Crippen LogP contribution >= 0.6 is 15.9 Å². The number of para-hydroxylation sites is 1. The lowest BCUT2D eigenvalue weighted by Gasteiger charge is -2.10. The summed E-state index contributed by atoms with van der Waals surface area (Å²) in [5, 5.41) is 5.33. The number of ether oxygens (including phenoxy) is 1. The fourth-order valence-corrected chi connectivity index (χ4v) is 2.34. The number of benzene rings is 1. The monoisotopic (exact) mass is 394 g/mol. The van der Waals surface area contributed by atoms with E-state index in [4.69, 9.17) is 9.15 Å². The molecule has 0 aliphatic heterocycles. The summed E-state index contributed by atoms with van der Waals surface area (Å²) < 4.78 is 11.1. The molecule has 0 fully saturated rings. The van der Waals surface area contributed by atoms with E-state index in [0.717, 1.165) is 12.0 Å². The molecule has 0 spiro atoms. The first-order valence-electron chi connectivity index (χ1n) is 7.61. The highest BCUT2D eigenvalue weighted by Gasteiger charge is 2.10. The Kier molecular flexibility index (Phi) is 6.87. The predicted molar refractivity (Wildman–Crippen MR) is 93.1 cm³/mol. The number of halogens is 1. The Labute approximate surface area is 148 Å². The number of nitrogens with one attached hydrogen (secondary N) is 2. The minimum absolute atomic E-state index is 0.0594. The summed E-state index contributed by atoms with van der Waals surface area (Å²) >= 11 is 3.13. The molecule has 0 aliphatic rings. The zero-order valence-electron chi connectivity index (χ0n) is 13.3. The molecule has 0 unspecified atom stereocenters. The average Bonchev–Trinajstić information content (AvgIpc) is 3.03.